The van der Waals surface area contributed by atoms with Gasteiger partial charge in [0.25, 0.3) is 0 Å². The van der Waals surface area contributed by atoms with Gasteiger partial charge in [0.2, 0.25) is 5.95 Å². The molecule has 17 heavy (non-hydrogen) atoms. The van der Waals surface area contributed by atoms with Gasteiger partial charge in [0.05, 0.1) is 6.33 Å². The van der Waals surface area contributed by atoms with E-state index in [-0.39, 0.29) is 5.95 Å². The van der Waals surface area contributed by atoms with Crippen LogP contribution in [0, 0.1) is 5.92 Å². The molecular formula is C11H16N6. The van der Waals surface area contributed by atoms with Crippen molar-refractivity contribution in [1.82, 2.24) is 19.9 Å². The second kappa shape index (κ2) is 3.87. The van der Waals surface area contributed by atoms with Crippen molar-refractivity contribution in [3.05, 3.63) is 6.33 Å². The van der Waals surface area contributed by atoms with Crippen molar-refractivity contribution in [2.45, 2.75) is 19.3 Å². The van der Waals surface area contributed by atoms with Crippen LogP contribution in [-0.2, 0) is 0 Å². The van der Waals surface area contributed by atoms with Crippen LogP contribution in [0.25, 0.3) is 11.2 Å². The highest BCUT2D eigenvalue weighted by atomic mass is 15.2. The summed E-state index contributed by atoms with van der Waals surface area (Å²) >= 11 is 0. The smallest absolute Gasteiger partial charge is 0.224 e. The first-order valence-corrected chi connectivity index (χ1v) is 5.92. The van der Waals surface area contributed by atoms with Crippen LogP contribution < -0.4 is 10.6 Å². The van der Waals surface area contributed by atoms with E-state index in [1.165, 1.54) is 19.3 Å². The summed E-state index contributed by atoms with van der Waals surface area (Å²) in [5, 5.41) is 0. The number of nitrogen functional groups attached to an aromatic ring is 1. The largest absolute Gasteiger partial charge is 0.368 e. The first-order valence-electron chi connectivity index (χ1n) is 5.92. The van der Waals surface area contributed by atoms with Crippen LogP contribution in [0.1, 0.15) is 19.3 Å². The summed E-state index contributed by atoms with van der Waals surface area (Å²) in [7, 11) is 2.04. The number of hydrogen-bond donors (Lipinski definition) is 2. The highest BCUT2D eigenvalue weighted by molar-refractivity contribution is 5.83. The Bertz CT molecular complexity index is 530. The molecule has 2 aromatic heterocycles. The first-order chi connectivity index (χ1) is 8.24. The van der Waals surface area contributed by atoms with Gasteiger partial charge in [0.15, 0.2) is 11.5 Å². The number of nitrogens with zero attached hydrogens (tertiary/aromatic N) is 4. The van der Waals surface area contributed by atoms with Crippen molar-refractivity contribution in [1.29, 1.82) is 0 Å². The molecule has 1 aliphatic carbocycles. The van der Waals surface area contributed by atoms with E-state index in [9.17, 15) is 0 Å². The number of hydrogen-bond acceptors (Lipinski definition) is 5. The SMILES string of the molecule is CN(CC1CCC1)c1nc(N)nc2nc[nH]c12. The van der Waals surface area contributed by atoms with Crippen molar-refractivity contribution in [3.8, 4) is 0 Å². The quantitative estimate of drug-likeness (QED) is 0.830. The predicted molar refractivity (Wildman–Crippen MR) is 66.7 cm³/mol. The number of fused-ring (bicyclic) bond motifs is 1. The van der Waals surface area contributed by atoms with Gasteiger partial charge in [-0.05, 0) is 18.8 Å². The zero-order valence-electron chi connectivity index (χ0n) is 9.85. The Morgan fingerprint density at radius 1 is 1.47 bits per heavy atom. The number of nitrogens with one attached hydrogen (secondary N) is 1. The van der Waals surface area contributed by atoms with Gasteiger partial charge in [-0.15, -0.1) is 0 Å². The van der Waals surface area contributed by atoms with Crippen molar-refractivity contribution in [3.63, 3.8) is 0 Å². The lowest BCUT2D eigenvalue weighted by Gasteiger charge is -2.30. The van der Waals surface area contributed by atoms with Crippen LogP contribution in [0.3, 0.4) is 0 Å². The second-order valence-corrected chi connectivity index (χ2v) is 4.68. The summed E-state index contributed by atoms with van der Waals surface area (Å²) in [5.41, 5.74) is 7.19. The minimum Gasteiger partial charge on any atom is -0.368 e. The lowest BCUT2D eigenvalue weighted by Crippen LogP contribution is -2.30. The lowest BCUT2D eigenvalue weighted by atomic mass is 9.85. The van der Waals surface area contributed by atoms with E-state index in [1.807, 2.05) is 7.05 Å². The van der Waals surface area contributed by atoms with Crippen LogP contribution in [0.4, 0.5) is 11.8 Å². The number of nitrogens with two attached hydrogens (primary N) is 1. The van der Waals surface area contributed by atoms with E-state index in [1.54, 1.807) is 6.33 Å². The van der Waals surface area contributed by atoms with Crippen LogP contribution in [0.5, 0.6) is 0 Å². The maximum Gasteiger partial charge on any atom is 0.224 e. The molecule has 0 atom stereocenters. The van der Waals surface area contributed by atoms with Crippen molar-refractivity contribution in [2.24, 2.45) is 5.92 Å². The Balaban J connectivity index is 1.94. The maximum atomic E-state index is 5.70. The molecule has 1 saturated carbocycles. The minimum atomic E-state index is 0.278. The van der Waals surface area contributed by atoms with Crippen LogP contribution in [0.15, 0.2) is 6.33 Å². The van der Waals surface area contributed by atoms with Gasteiger partial charge in [-0.1, -0.05) is 6.42 Å². The topological polar surface area (TPSA) is 83.7 Å². The van der Waals surface area contributed by atoms with Gasteiger partial charge >= 0.3 is 0 Å². The van der Waals surface area contributed by atoms with Crippen LogP contribution in [0.2, 0.25) is 0 Å². The number of rotatable bonds is 3. The van der Waals surface area contributed by atoms with Gasteiger partial charge in [-0.3, -0.25) is 0 Å². The third-order valence-corrected chi connectivity index (χ3v) is 3.40. The van der Waals surface area contributed by atoms with E-state index in [4.69, 9.17) is 5.73 Å². The average molecular weight is 232 g/mol. The second-order valence-electron chi connectivity index (χ2n) is 4.68. The van der Waals surface area contributed by atoms with Gasteiger partial charge in [0.1, 0.15) is 5.52 Å². The molecule has 0 unspecified atom stereocenters. The fourth-order valence-electron chi connectivity index (χ4n) is 2.26. The standard InChI is InChI=1S/C11H16N6/c1-17(5-7-3-2-4-7)10-8-9(14-6-13-8)15-11(12)16-10/h6-7H,2-5H2,1H3,(H3,12,13,14,15,16). The summed E-state index contributed by atoms with van der Waals surface area (Å²) in [4.78, 5) is 17.7. The third kappa shape index (κ3) is 1.79. The van der Waals surface area contributed by atoms with Gasteiger partial charge in [-0.25, -0.2) is 4.98 Å². The van der Waals surface area contributed by atoms with Crippen molar-refractivity contribution < 1.29 is 0 Å². The van der Waals surface area contributed by atoms with Crippen LogP contribution >= 0.6 is 0 Å². The highest BCUT2D eigenvalue weighted by Gasteiger charge is 2.21. The molecule has 0 aliphatic heterocycles. The summed E-state index contributed by atoms with van der Waals surface area (Å²) in [5.74, 6) is 1.91. The Morgan fingerprint density at radius 3 is 3.00 bits per heavy atom. The summed E-state index contributed by atoms with van der Waals surface area (Å²) in [6.07, 6.45) is 5.61. The number of anilines is 2. The van der Waals surface area contributed by atoms with Gasteiger partial charge in [-0.2, -0.15) is 9.97 Å². The molecule has 0 saturated heterocycles. The molecule has 1 aliphatic rings. The Kier molecular flexibility index (Phi) is 2.35. The number of imidazole rings is 1. The summed E-state index contributed by atoms with van der Waals surface area (Å²) < 4.78 is 0. The summed E-state index contributed by atoms with van der Waals surface area (Å²) in [6, 6.07) is 0. The zero-order chi connectivity index (χ0) is 11.8. The highest BCUT2D eigenvalue weighted by Crippen LogP contribution is 2.29. The van der Waals surface area contributed by atoms with E-state index in [2.05, 4.69) is 24.8 Å². The molecule has 90 valence electrons. The van der Waals surface area contributed by atoms with E-state index < -0.39 is 0 Å². The van der Waals surface area contributed by atoms with Crippen LogP contribution in [-0.4, -0.2) is 33.5 Å². The van der Waals surface area contributed by atoms with E-state index >= 15 is 0 Å². The lowest BCUT2D eigenvalue weighted by molar-refractivity contribution is 0.321. The molecular weight excluding hydrogens is 216 g/mol. The molecule has 2 heterocycles. The van der Waals surface area contributed by atoms with Gasteiger partial charge < -0.3 is 15.6 Å². The first kappa shape index (κ1) is 10.3. The Morgan fingerprint density at radius 2 is 2.29 bits per heavy atom. The zero-order valence-corrected chi connectivity index (χ0v) is 9.85. The Hall–Kier alpha value is -1.85. The predicted octanol–water partition coefficient (Wildman–Crippen LogP) is 1.17. The fraction of sp³-hybridized carbons (Fsp3) is 0.545. The summed E-state index contributed by atoms with van der Waals surface area (Å²) in [6.45, 7) is 1.02. The molecule has 0 aromatic carbocycles. The minimum absolute atomic E-state index is 0.278. The maximum absolute atomic E-state index is 5.70. The molecule has 6 heteroatoms. The van der Waals surface area contributed by atoms with E-state index in [0.29, 0.717) is 5.65 Å². The average Bonchev–Trinajstić information content (AvgIpc) is 2.69. The number of H-pyrrole nitrogens is 1. The molecule has 0 spiro atoms. The molecule has 6 nitrogen and oxygen atoms in total. The molecule has 0 amide bonds. The Labute approximate surface area is 99.3 Å². The van der Waals surface area contributed by atoms with Crippen molar-refractivity contribution in [2.75, 3.05) is 24.2 Å². The molecule has 3 N–H and O–H groups in total. The molecule has 1 fully saturated rings. The molecule has 2 aromatic rings. The van der Waals surface area contributed by atoms with E-state index in [0.717, 1.165) is 23.8 Å². The third-order valence-electron chi connectivity index (χ3n) is 3.40. The number of aromatic amines is 1. The monoisotopic (exact) mass is 232 g/mol. The van der Waals surface area contributed by atoms with Gasteiger partial charge in [0, 0.05) is 13.6 Å². The molecule has 0 radical (unpaired) electrons. The fourth-order valence-corrected chi connectivity index (χ4v) is 2.26. The molecule has 3 rings (SSSR count). The molecule has 0 bridgehead atoms. The number of aromatic nitrogens is 4. The normalized spacial score (nSPS) is 16.1. The van der Waals surface area contributed by atoms with Crippen molar-refractivity contribution >= 4 is 22.9 Å².